The minimum atomic E-state index is -4.79. The van der Waals surface area contributed by atoms with Gasteiger partial charge in [-0.05, 0) is 67.4 Å². The van der Waals surface area contributed by atoms with Crippen molar-refractivity contribution >= 4 is 68.7 Å². The number of para-hydroxylation sites is 1. The standard InChI is InChI=1S/C32H28ClN9O6S/c1-3-42(22-13-9-10-20(2)16-22)32-36-30(33)35-31(37-32)34-25-17-23(49(45,46)47)18-26(28(25)44)39-41-29(21-11-5-4-6-12-21)40-38-24-14-7-8-15-27(24)48-19-43/h4-19,39,44H,3H2,1-2H3,(H,45,46,47)(H,34,35,36,37). The summed E-state index contributed by atoms with van der Waals surface area (Å²) in [6.45, 7) is 4.57. The molecule has 17 heteroatoms. The fourth-order valence-corrected chi connectivity index (χ4v) is 5.14. The van der Waals surface area contributed by atoms with Gasteiger partial charge < -0.3 is 20.1 Å². The molecule has 4 aromatic carbocycles. The highest BCUT2D eigenvalue weighted by molar-refractivity contribution is 7.85. The lowest BCUT2D eigenvalue weighted by molar-refractivity contribution is -0.120. The van der Waals surface area contributed by atoms with Crippen LogP contribution < -0.4 is 20.4 Å². The fraction of sp³-hybridized carbons (Fsp3) is 0.0938. The van der Waals surface area contributed by atoms with E-state index in [1.54, 1.807) is 53.4 Å². The van der Waals surface area contributed by atoms with Crippen LogP contribution >= 0.6 is 11.6 Å². The smallest absolute Gasteiger partial charge is 0.298 e. The highest BCUT2D eigenvalue weighted by Crippen LogP contribution is 2.37. The Morgan fingerprint density at radius 3 is 2.43 bits per heavy atom. The number of amidine groups is 1. The summed E-state index contributed by atoms with van der Waals surface area (Å²) < 4.78 is 39.4. The van der Waals surface area contributed by atoms with Crippen LogP contribution in [-0.4, -0.2) is 51.9 Å². The quantitative estimate of drug-likeness (QED) is 0.0202. The first kappa shape index (κ1) is 34.4. The minimum Gasteiger partial charge on any atom is -0.504 e. The zero-order valence-electron chi connectivity index (χ0n) is 25.9. The van der Waals surface area contributed by atoms with Gasteiger partial charge in [0.05, 0.1) is 10.6 Å². The maximum absolute atomic E-state index is 12.3. The molecule has 1 aromatic heterocycles. The van der Waals surface area contributed by atoms with Gasteiger partial charge in [-0.15, -0.1) is 10.2 Å². The second kappa shape index (κ2) is 15.3. The predicted molar refractivity (Wildman–Crippen MR) is 184 cm³/mol. The van der Waals surface area contributed by atoms with E-state index in [9.17, 15) is 22.9 Å². The number of hydrogen-bond donors (Lipinski definition) is 4. The van der Waals surface area contributed by atoms with Gasteiger partial charge >= 0.3 is 0 Å². The van der Waals surface area contributed by atoms with E-state index in [0.717, 1.165) is 23.4 Å². The van der Waals surface area contributed by atoms with Crippen LogP contribution in [0.4, 0.5) is 34.6 Å². The molecule has 0 saturated heterocycles. The molecule has 0 aliphatic rings. The van der Waals surface area contributed by atoms with Gasteiger partial charge in [0.25, 0.3) is 16.6 Å². The van der Waals surface area contributed by atoms with Crippen molar-refractivity contribution in [3.63, 3.8) is 0 Å². The number of hydrazone groups is 1. The number of rotatable bonds is 12. The average molecular weight is 702 g/mol. The number of nitrogens with zero attached hydrogens (tertiary/aromatic N) is 7. The highest BCUT2D eigenvalue weighted by Gasteiger charge is 2.20. The summed E-state index contributed by atoms with van der Waals surface area (Å²) >= 11 is 6.25. The van der Waals surface area contributed by atoms with Crippen molar-refractivity contribution < 1.29 is 27.6 Å². The molecule has 0 atom stereocenters. The van der Waals surface area contributed by atoms with E-state index < -0.39 is 20.8 Å². The Morgan fingerprint density at radius 2 is 1.71 bits per heavy atom. The third kappa shape index (κ3) is 8.69. The van der Waals surface area contributed by atoms with Crippen LogP contribution in [0.3, 0.4) is 0 Å². The third-order valence-corrected chi connectivity index (χ3v) is 7.70. The van der Waals surface area contributed by atoms with Gasteiger partial charge in [0.15, 0.2) is 11.5 Å². The molecule has 0 spiro atoms. The lowest BCUT2D eigenvalue weighted by Gasteiger charge is -2.22. The number of ether oxygens (including phenoxy) is 1. The Kier molecular flexibility index (Phi) is 10.7. The molecule has 1 heterocycles. The molecule has 0 fully saturated rings. The molecule has 0 aliphatic heterocycles. The topological polar surface area (TPSA) is 204 Å². The molecule has 0 saturated carbocycles. The van der Waals surface area contributed by atoms with Crippen molar-refractivity contribution in [2.24, 2.45) is 15.3 Å². The second-order valence-electron chi connectivity index (χ2n) is 10.1. The molecular formula is C32H28ClN9O6S. The largest absolute Gasteiger partial charge is 0.504 e. The third-order valence-electron chi connectivity index (χ3n) is 6.70. The molecule has 5 rings (SSSR count). The number of nitrogens with one attached hydrogen (secondary N) is 2. The van der Waals surface area contributed by atoms with Gasteiger partial charge in [-0.1, -0.05) is 54.6 Å². The van der Waals surface area contributed by atoms with Gasteiger partial charge in [-0.3, -0.25) is 14.8 Å². The summed E-state index contributed by atoms with van der Waals surface area (Å²) in [4.78, 5) is 24.9. The molecule has 15 nitrogen and oxygen atoms in total. The van der Waals surface area contributed by atoms with Crippen LogP contribution in [0.25, 0.3) is 0 Å². The second-order valence-corrected chi connectivity index (χ2v) is 11.8. The molecule has 5 aromatic rings. The van der Waals surface area contributed by atoms with Crippen LogP contribution in [0.1, 0.15) is 18.1 Å². The van der Waals surface area contributed by atoms with Crippen molar-refractivity contribution in [3.8, 4) is 11.5 Å². The number of aromatic hydroxyl groups is 1. The van der Waals surface area contributed by atoms with Crippen molar-refractivity contribution in [2.75, 3.05) is 22.2 Å². The van der Waals surface area contributed by atoms with Crippen molar-refractivity contribution in [2.45, 2.75) is 18.7 Å². The van der Waals surface area contributed by atoms with Crippen molar-refractivity contribution in [1.29, 1.82) is 0 Å². The number of carbonyl (C=O) groups excluding carboxylic acids is 1. The number of carbonyl (C=O) groups is 1. The molecule has 0 unspecified atom stereocenters. The Labute approximate surface area is 285 Å². The number of anilines is 5. The van der Waals surface area contributed by atoms with Crippen LogP contribution in [0.2, 0.25) is 5.28 Å². The summed E-state index contributed by atoms with van der Waals surface area (Å²) in [6.07, 6.45) is 0. The molecule has 0 radical (unpaired) electrons. The zero-order valence-corrected chi connectivity index (χ0v) is 27.5. The highest BCUT2D eigenvalue weighted by atomic mass is 35.5. The number of phenolic OH excluding ortho intramolecular Hbond substituents is 1. The van der Waals surface area contributed by atoms with E-state index in [2.05, 4.69) is 41.0 Å². The Bertz CT molecular complexity index is 2150. The van der Waals surface area contributed by atoms with Crippen molar-refractivity contribution in [3.05, 3.63) is 107 Å². The zero-order chi connectivity index (χ0) is 35.0. The average Bonchev–Trinajstić information content (AvgIpc) is 3.07. The van der Waals surface area contributed by atoms with E-state index >= 15 is 0 Å². The van der Waals surface area contributed by atoms with Gasteiger partial charge in [0.1, 0.15) is 11.4 Å². The first-order valence-corrected chi connectivity index (χ1v) is 16.2. The number of hydrogen-bond acceptors (Lipinski definition) is 13. The first-order chi connectivity index (χ1) is 23.5. The van der Waals surface area contributed by atoms with Crippen molar-refractivity contribution in [1.82, 2.24) is 15.0 Å². The SMILES string of the molecule is CCN(c1cccc(C)c1)c1nc(Cl)nc(Nc2cc(S(=O)(=O)O)cc(NN=C(N=Nc3ccccc3OC=O)c3ccccc3)c2O)n1. The minimum absolute atomic E-state index is 0.00243. The predicted octanol–water partition coefficient (Wildman–Crippen LogP) is 6.78. The summed E-state index contributed by atoms with van der Waals surface area (Å²) in [5.74, 6) is -0.319. The van der Waals surface area contributed by atoms with Gasteiger partial charge in [-0.25, -0.2) is 0 Å². The summed E-state index contributed by atoms with van der Waals surface area (Å²) in [5, 5.41) is 26.4. The van der Waals surface area contributed by atoms with Crippen LogP contribution in [0.15, 0.2) is 111 Å². The van der Waals surface area contributed by atoms with Crippen LogP contribution in [0.5, 0.6) is 11.5 Å². The first-order valence-electron chi connectivity index (χ1n) is 14.4. The number of aryl methyl sites for hydroxylation is 1. The molecule has 49 heavy (non-hydrogen) atoms. The molecule has 250 valence electrons. The van der Waals surface area contributed by atoms with Crippen LogP contribution in [-0.2, 0) is 14.9 Å². The van der Waals surface area contributed by atoms with Gasteiger partial charge in [0, 0.05) is 17.8 Å². The summed E-state index contributed by atoms with van der Waals surface area (Å²) in [5.41, 5.74) is 4.64. The number of azo groups is 1. The van der Waals surface area contributed by atoms with Crippen LogP contribution in [0, 0.1) is 6.92 Å². The van der Waals surface area contributed by atoms with E-state index in [1.165, 1.54) is 6.07 Å². The maximum atomic E-state index is 12.3. The van der Waals surface area contributed by atoms with E-state index in [-0.39, 0.29) is 52.3 Å². The molecular weight excluding hydrogens is 674 g/mol. The summed E-state index contributed by atoms with van der Waals surface area (Å²) in [7, 11) is -4.79. The Morgan fingerprint density at radius 1 is 0.980 bits per heavy atom. The normalized spacial score (nSPS) is 11.7. The lowest BCUT2D eigenvalue weighted by Crippen LogP contribution is -2.20. The Hall–Kier alpha value is -5.97. The Balaban J connectivity index is 1.53. The monoisotopic (exact) mass is 701 g/mol. The molecule has 0 bridgehead atoms. The lowest BCUT2D eigenvalue weighted by atomic mass is 10.2. The number of aromatic nitrogens is 3. The maximum Gasteiger partial charge on any atom is 0.298 e. The number of benzene rings is 4. The number of halogens is 1. The molecule has 0 aliphatic carbocycles. The van der Waals surface area contributed by atoms with E-state index in [4.69, 9.17) is 16.3 Å². The van der Waals surface area contributed by atoms with Gasteiger partial charge in [0.2, 0.25) is 23.0 Å². The molecule has 4 N–H and O–H groups in total. The van der Waals surface area contributed by atoms with E-state index in [1.807, 2.05) is 38.1 Å². The fourth-order valence-electron chi connectivity index (χ4n) is 4.45. The summed E-state index contributed by atoms with van der Waals surface area (Å²) in [6, 6.07) is 24.6. The van der Waals surface area contributed by atoms with Gasteiger partial charge in [-0.2, -0.15) is 28.5 Å². The molecule has 0 amide bonds. The van der Waals surface area contributed by atoms with E-state index in [0.29, 0.717) is 12.1 Å². The number of phenols is 1.